The summed E-state index contributed by atoms with van der Waals surface area (Å²) in [4.78, 5) is 0. The van der Waals surface area contributed by atoms with Crippen LogP contribution in [0.1, 0.15) is 18.7 Å². The van der Waals surface area contributed by atoms with Gasteiger partial charge in [-0.2, -0.15) is 0 Å². The maximum Gasteiger partial charge on any atom is 0.189 e. The summed E-state index contributed by atoms with van der Waals surface area (Å²) >= 11 is 0. The number of ether oxygens (including phenoxy) is 1. The van der Waals surface area contributed by atoms with Gasteiger partial charge in [-0.3, -0.25) is 0 Å². The average Bonchev–Trinajstić information content (AvgIpc) is 2.86. The summed E-state index contributed by atoms with van der Waals surface area (Å²) in [7, 11) is 0. The Morgan fingerprint density at radius 3 is 2.78 bits per heavy atom. The van der Waals surface area contributed by atoms with E-state index < -0.39 is 0 Å². The quantitative estimate of drug-likeness (QED) is 0.738. The van der Waals surface area contributed by atoms with Gasteiger partial charge in [-0.05, 0) is 41.9 Å². The highest BCUT2D eigenvalue weighted by Crippen LogP contribution is 2.10. The third-order valence-corrected chi connectivity index (χ3v) is 2.54. The van der Waals surface area contributed by atoms with Crippen molar-refractivity contribution in [1.82, 2.24) is 20.2 Å². The Hall–Kier alpha value is -1.95. The van der Waals surface area contributed by atoms with E-state index in [0.29, 0.717) is 13.2 Å². The second kappa shape index (κ2) is 6.70. The number of aromatic nitrogens is 4. The smallest absolute Gasteiger partial charge is 0.189 e. The molecule has 1 aromatic carbocycles. The molecule has 0 radical (unpaired) electrons. The predicted octanol–water partition coefficient (Wildman–Crippen LogP) is 0.991. The molecule has 0 amide bonds. The lowest BCUT2D eigenvalue weighted by molar-refractivity contribution is 0.285. The van der Waals surface area contributed by atoms with Crippen molar-refractivity contribution >= 4 is 0 Å². The van der Waals surface area contributed by atoms with Crippen LogP contribution in [0.5, 0.6) is 5.75 Å². The molecule has 0 atom stereocenters. The van der Waals surface area contributed by atoms with Crippen molar-refractivity contribution in [1.29, 1.82) is 0 Å². The van der Waals surface area contributed by atoms with E-state index in [2.05, 4.69) is 15.5 Å². The summed E-state index contributed by atoms with van der Waals surface area (Å²) in [5.41, 5.74) is 5.46. The number of nitrogens with zero attached hydrogens (tertiary/aromatic N) is 4. The van der Waals surface area contributed by atoms with Crippen LogP contribution in [0.2, 0.25) is 0 Å². The standard InChI is InChI=1S/C12H17N5O/c13-8-4-5-9-17-12(14-15-16-17)10-18-11-6-2-1-3-7-11/h1-3,6-7H,4-5,8-10,13H2. The lowest BCUT2D eigenvalue weighted by Crippen LogP contribution is -2.10. The fourth-order valence-electron chi connectivity index (χ4n) is 1.57. The molecule has 0 aliphatic heterocycles. The summed E-state index contributed by atoms with van der Waals surface area (Å²) < 4.78 is 7.37. The second-order valence-electron chi connectivity index (χ2n) is 3.92. The van der Waals surface area contributed by atoms with Gasteiger partial charge in [0.2, 0.25) is 0 Å². The SMILES string of the molecule is NCCCCn1nnnc1COc1ccccc1. The Labute approximate surface area is 106 Å². The Balaban J connectivity index is 1.87. The molecule has 2 aromatic rings. The van der Waals surface area contributed by atoms with Gasteiger partial charge < -0.3 is 10.5 Å². The molecule has 0 saturated heterocycles. The first-order valence-corrected chi connectivity index (χ1v) is 6.03. The van der Waals surface area contributed by atoms with Crippen molar-refractivity contribution in [3.05, 3.63) is 36.2 Å². The van der Waals surface area contributed by atoms with E-state index in [-0.39, 0.29) is 0 Å². The number of nitrogens with two attached hydrogens (primary N) is 1. The monoisotopic (exact) mass is 247 g/mol. The highest BCUT2D eigenvalue weighted by atomic mass is 16.5. The largest absolute Gasteiger partial charge is 0.486 e. The van der Waals surface area contributed by atoms with Gasteiger partial charge in [-0.15, -0.1) is 5.10 Å². The molecule has 0 fully saturated rings. The molecule has 0 spiro atoms. The molecule has 0 aliphatic carbocycles. The average molecular weight is 247 g/mol. The van der Waals surface area contributed by atoms with Crippen molar-refractivity contribution in [2.24, 2.45) is 5.73 Å². The minimum absolute atomic E-state index is 0.375. The lowest BCUT2D eigenvalue weighted by atomic mass is 10.3. The van der Waals surface area contributed by atoms with E-state index in [4.69, 9.17) is 10.5 Å². The second-order valence-corrected chi connectivity index (χ2v) is 3.92. The van der Waals surface area contributed by atoms with Gasteiger partial charge >= 0.3 is 0 Å². The molecule has 0 saturated carbocycles. The van der Waals surface area contributed by atoms with Crippen molar-refractivity contribution in [3.8, 4) is 5.75 Å². The number of para-hydroxylation sites is 1. The topological polar surface area (TPSA) is 78.9 Å². The van der Waals surface area contributed by atoms with E-state index in [1.807, 2.05) is 30.3 Å². The zero-order valence-electron chi connectivity index (χ0n) is 10.2. The number of unbranched alkanes of at least 4 members (excludes halogenated alkanes) is 1. The van der Waals surface area contributed by atoms with Crippen LogP contribution in [0.25, 0.3) is 0 Å². The summed E-state index contributed by atoms with van der Waals surface area (Å²) in [6.45, 7) is 1.84. The van der Waals surface area contributed by atoms with Gasteiger partial charge in [-0.25, -0.2) is 4.68 Å². The zero-order valence-corrected chi connectivity index (χ0v) is 10.2. The van der Waals surface area contributed by atoms with Crippen molar-refractivity contribution < 1.29 is 4.74 Å². The Morgan fingerprint density at radius 2 is 2.00 bits per heavy atom. The fourth-order valence-corrected chi connectivity index (χ4v) is 1.57. The number of aryl methyl sites for hydroxylation is 1. The first-order valence-electron chi connectivity index (χ1n) is 6.03. The van der Waals surface area contributed by atoms with Crippen molar-refractivity contribution in [3.63, 3.8) is 0 Å². The lowest BCUT2D eigenvalue weighted by Gasteiger charge is -2.06. The third-order valence-electron chi connectivity index (χ3n) is 2.54. The molecular weight excluding hydrogens is 230 g/mol. The van der Waals surface area contributed by atoms with E-state index >= 15 is 0 Å². The summed E-state index contributed by atoms with van der Waals surface area (Å²) in [6.07, 6.45) is 1.94. The van der Waals surface area contributed by atoms with Gasteiger partial charge in [0.25, 0.3) is 0 Å². The Kier molecular flexibility index (Phi) is 4.66. The van der Waals surface area contributed by atoms with E-state index in [9.17, 15) is 0 Å². The van der Waals surface area contributed by atoms with Crippen LogP contribution in [-0.2, 0) is 13.2 Å². The van der Waals surface area contributed by atoms with Gasteiger partial charge in [0.1, 0.15) is 12.4 Å². The third kappa shape index (κ3) is 3.53. The molecule has 6 nitrogen and oxygen atoms in total. The molecular formula is C12H17N5O. The molecule has 0 bridgehead atoms. The number of rotatable bonds is 7. The molecule has 96 valence electrons. The van der Waals surface area contributed by atoms with Gasteiger partial charge in [-0.1, -0.05) is 18.2 Å². The van der Waals surface area contributed by atoms with Crippen molar-refractivity contribution in [2.75, 3.05) is 6.54 Å². The molecule has 18 heavy (non-hydrogen) atoms. The van der Waals surface area contributed by atoms with Crippen LogP contribution >= 0.6 is 0 Å². The molecule has 0 aliphatic rings. The van der Waals surface area contributed by atoms with Crippen LogP contribution in [0, 0.1) is 0 Å². The van der Waals surface area contributed by atoms with Crippen LogP contribution in [0.15, 0.2) is 30.3 Å². The molecule has 2 N–H and O–H groups in total. The van der Waals surface area contributed by atoms with E-state index in [1.165, 1.54) is 0 Å². The van der Waals surface area contributed by atoms with Gasteiger partial charge in [0.05, 0.1) is 0 Å². The number of hydrogen-bond donors (Lipinski definition) is 1. The number of tetrazole rings is 1. The maximum atomic E-state index is 5.61. The Bertz CT molecular complexity index is 457. The summed E-state index contributed by atoms with van der Waals surface area (Å²) in [6, 6.07) is 9.62. The van der Waals surface area contributed by atoms with E-state index in [1.54, 1.807) is 4.68 Å². The molecule has 2 rings (SSSR count). The minimum Gasteiger partial charge on any atom is -0.486 e. The van der Waals surface area contributed by atoms with Gasteiger partial charge in [0, 0.05) is 6.54 Å². The van der Waals surface area contributed by atoms with Crippen molar-refractivity contribution in [2.45, 2.75) is 26.0 Å². The molecule has 6 heteroatoms. The van der Waals surface area contributed by atoms with Crippen LogP contribution in [-0.4, -0.2) is 26.8 Å². The first kappa shape index (κ1) is 12.5. The fraction of sp³-hybridized carbons (Fsp3) is 0.417. The maximum absolute atomic E-state index is 5.61. The van der Waals surface area contributed by atoms with E-state index in [0.717, 1.165) is 31.0 Å². The summed E-state index contributed by atoms with van der Waals surface area (Å²) in [5.74, 6) is 1.55. The Morgan fingerprint density at radius 1 is 1.17 bits per heavy atom. The summed E-state index contributed by atoms with van der Waals surface area (Å²) in [5, 5.41) is 11.6. The molecule has 0 unspecified atom stereocenters. The van der Waals surface area contributed by atoms with Crippen LogP contribution in [0.3, 0.4) is 0 Å². The molecule has 1 heterocycles. The minimum atomic E-state index is 0.375. The van der Waals surface area contributed by atoms with Gasteiger partial charge in [0.15, 0.2) is 5.82 Å². The number of benzene rings is 1. The highest BCUT2D eigenvalue weighted by molar-refractivity contribution is 5.20. The predicted molar refractivity (Wildman–Crippen MR) is 66.9 cm³/mol. The number of hydrogen-bond acceptors (Lipinski definition) is 5. The van der Waals surface area contributed by atoms with Crippen LogP contribution in [0.4, 0.5) is 0 Å². The first-order chi connectivity index (χ1) is 8.90. The highest BCUT2D eigenvalue weighted by Gasteiger charge is 2.06. The normalized spacial score (nSPS) is 10.5. The van der Waals surface area contributed by atoms with Crippen LogP contribution < -0.4 is 10.5 Å². The molecule has 1 aromatic heterocycles. The zero-order chi connectivity index (χ0) is 12.6.